The zero-order valence-electron chi connectivity index (χ0n) is 11.7. The number of ether oxygens (including phenoxy) is 1. The van der Waals surface area contributed by atoms with Crippen molar-refractivity contribution in [2.45, 2.75) is 0 Å². The second-order valence-corrected chi connectivity index (χ2v) is 5.06. The maximum atomic E-state index is 12.2. The first-order valence-electron chi connectivity index (χ1n) is 6.98. The number of hydrogen-bond acceptors (Lipinski definition) is 3. The Bertz CT molecular complexity index is 914. The summed E-state index contributed by atoms with van der Waals surface area (Å²) in [5, 5.41) is 1.03. The predicted octanol–water partition coefficient (Wildman–Crippen LogP) is 4.61. The SMILES string of the molecule is O=C(C=C1C=Cc2cc3ccoc3cc2O1)c1ccccc1. The molecule has 3 nitrogen and oxygen atoms in total. The lowest BCUT2D eigenvalue weighted by Gasteiger charge is -2.14. The van der Waals surface area contributed by atoms with E-state index in [1.807, 2.05) is 42.5 Å². The number of carbonyl (C=O) groups excluding carboxylic acids is 1. The van der Waals surface area contributed by atoms with Crippen LogP contribution in [-0.4, -0.2) is 5.78 Å². The summed E-state index contributed by atoms with van der Waals surface area (Å²) in [7, 11) is 0. The van der Waals surface area contributed by atoms with Gasteiger partial charge in [0.2, 0.25) is 0 Å². The average molecular weight is 288 g/mol. The van der Waals surface area contributed by atoms with E-state index in [-0.39, 0.29) is 5.78 Å². The number of ketones is 1. The van der Waals surface area contributed by atoms with Crippen molar-refractivity contribution in [3.8, 4) is 5.75 Å². The molecular weight excluding hydrogens is 276 g/mol. The van der Waals surface area contributed by atoms with Crippen LogP contribution in [0, 0.1) is 0 Å². The van der Waals surface area contributed by atoms with E-state index in [9.17, 15) is 4.79 Å². The van der Waals surface area contributed by atoms with Gasteiger partial charge in [-0.2, -0.15) is 0 Å². The zero-order chi connectivity index (χ0) is 14.9. The molecule has 1 aliphatic heterocycles. The Morgan fingerprint density at radius 2 is 1.86 bits per heavy atom. The van der Waals surface area contributed by atoms with Crippen molar-refractivity contribution in [2.75, 3.05) is 0 Å². The van der Waals surface area contributed by atoms with Gasteiger partial charge in [0.25, 0.3) is 0 Å². The van der Waals surface area contributed by atoms with E-state index in [1.54, 1.807) is 24.5 Å². The first kappa shape index (κ1) is 12.7. The van der Waals surface area contributed by atoms with E-state index in [2.05, 4.69) is 0 Å². The standard InChI is InChI=1S/C19H12O3/c20-17(13-4-2-1-3-5-13)11-16-7-6-14-10-15-8-9-21-18(15)12-19(14)22-16/h1-12H. The number of benzene rings is 2. The summed E-state index contributed by atoms with van der Waals surface area (Å²) >= 11 is 0. The first-order valence-corrected chi connectivity index (χ1v) is 6.98. The van der Waals surface area contributed by atoms with Crippen molar-refractivity contribution >= 4 is 22.8 Å². The van der Waals surface area contributed by atoms with E-state index in [1.165, 1.54) is 6.08 Å². The van der Waals surface area contributed by atoms with Crippen molar-refractivity contribution in [3.05, 3.63) is 83.8 Å². The molecule has 0 atom stereocenters. The summed E-state index contributed by atoms with van der Waals surface area (Å²) in [6, 6.07) is 14.9. The van der Waals surface area contributed by atoms with Crippen LogP contribution in [0.15, 0.2) is 77.1 Å². The summed E-state index contributed by atoms with van der Waals surface area (Å²) in [5.74, 6) is 1.13. The summed E-state index contributed by atoms with van der Waals surface area (Å²) in [4.78, 5) is 12.2. The third-order valence-electron chi connectivity index (χ3n) is 3.57. The molecule has 2 aromatic carbocycles. The third-order valence-corrected chi connectivity index (χ3v) is 3.57. The molecule has 1 aromatic heterocycles. The van der Waals surface area contributed by atoms with Gasteiger partial charge in [-0.25, -0.2) is 0 Å². The predicted molar refractivity (Wildman–Crippen MR) is 84.7 cm³/mol. The van der Waals surface area contributed by atoms with Gasteiger partial charge in [-0.1, -0.05) is 30.3 Å². The molecule has 0 fully saturated rings. The minimum atomic E-state index is -0.0808. The Balaban J connectivity index is 1.67. The van der Waals surface area contributed by atoms with Crippen LogP contribution in [0.25, 0.3) is 17.0 Å². The van der Waals surface area contributed by atoms with Crippen LogP contribution in [0.2, 0.25) is 0 Å². The van der Waals surface area contributed by atoms with Gasteiger partial charge in [0.15, 0.2) is 5.78 Å². The van der Waals surface area contributed by atoms with Crippen molar-refractivity contribution in [1.82, 2.24) is 0 Å². The normalized spacial score (nSPS) is 14.8. The highest BCUT2D eigenvalue weighted by molar-refractivity contribution is 6.05. The maximum absolute atomic E-state index is 12.2. The molecular formula is C19H12O3. The molecule has 0 saturated carbocycles. The fourth-order valence-electron chi connectivity index (χ4n) is 2.45. The lowest BCUT2D eigenvalue weighted by atomic mass is 10.1. The van der Waals surface area contributed by atoms with Crippen molar-refractivity contribution in [1.29, 1.82) is 0 Å². The second-order valence-electron chi connectivity index (χ2n) is 5.06. The molecule has 4 rings (SSSR count). The van der Waals surface area contributed by atoms with E-state index in [4.69, 9.17) is 9.15 Å². The molecule has 22 heavy (non-hydrogen) atoms. The highest BCUT2D eigenvalue weighted by Gasteiger charge is 2.13. The molecule has 0 saturated heterocycles. The quantitative estimate of drug-likeness (QED) is 0.511. The Morgan fingerprint density at radius 3 is 2.73 bits per heavy atom. The molecule has 2 heterocycles. The lowest BCUT2D eigenvalue weighted by Crippen LogP contribution is -2.03. The number of hydrogen-bond donors (Lipinski definition) is 0. The van der Waals surface area contributed by atoms with E-state index in [0.717, 1.165) is 16.5 Å². The molecule has 0 N–H and O–H groups in total. The van der Waals surface area contributed by atoms with Crippen LogP contribution in [-0.2, 0) is 0 Å². The van der Waals surface area contributed by atoms with Crippen LogP contribution in [0.1, 0.15) is 15.9 Å². The van der Waals surface area contributed by atoms with Gasteiger partial charge in [-0.05, 0) is 24.3 Å². The van der Waals surface area contributed by atoms with Gasteiger partial charge >= 0.3 is 0 Å². The topological polar surface area (TPSA) is 39.4 Å². The monoisotopic (exact) mass is 288 g/mol. The molecule has 1 aliphatic rings. The summed E-state index contributed by atoms with van der Waals surface area (Å²) < 4.78 is 11.2. The lowest BCUT2D eigenvalue weighted by molar-refractivity contribution is 0.104. The highest BCUT2D eigenvalue weighted by Crippen LogP contribution is 2.32. The molecule has 0 aliphatic carbocycles. The Labute approximate surface area is 127 Å². The van der Waals surface area contributed by atoms with Crippen LogP contribution in [0.5, 0.6) is 5.75 Å². The van der Waals surface area contributed by atoms with Crippen molar-refractivity contribution < 1.29 is 13.9 Å². The second kappa shape index (κ2) is 5.04. The van der Waals surface area contributed by atoms with Gasteiger partial charge in [-0.3, -0.25) is 4.79 Å². The molecule has 0 spiro atoms. The van der Waals surface area contributed by atoms with Gasteiger partial charge in [-0.15, -0.1) is 0 Å². The number of rotatable bonds is 2. The van der Waals surface area contributed by atoms with Gasteiger partial charge in [0, 0.05) is 28.7 Å². The van der Waals surface area contributed by atoms with Crippen LogP contribution in [0.4, 0.5) is 0 Å². The Kier molecular flexibility index (Phi) is 2.90. The van der Waals surface area contributed by atoms with Crippen LogP contribution in [0.3, 0.4) is 0 Å². The van der Waals surface area contributed by atoms with E-state index < -0.39 is 0 Å². The zero-order valence-corrected chi connectivity index (χ0v) is 11.7. The number of furan rings is 1. The van der Waals surface area contributed by atoms with E-state index >= 15 is 0 Å². The fourth-order valence-corrected chi connectivity index (χ4v) is 2.45. The number of carbonyl (C=O) groups is 1. The van der Waals surface area contributed by atoms with Crippen molar-refractivity contribution in [2.24, 2.45) is 0 Å². The summed E-state index contributed by atoms with van der Waals surface area (Å²) in [6.45, 7) is 0. The summed E-state index contributed by atoms with van der Waals surface area (Å²) in [6.07, 6.45) is 6.89. The molecule has 0 bridgehead atoms. The van der Waals surface area contributed by atoms with Crippen LogP contribution < -0.4 is 4.74 Å². The third kappa shape index (κ3) is 2.23. The molecule has 106 valence electrons. The number of allylic oxidation sites excluding steroid dienone is 2. The largest absolute Gasteiger partial charge is 0.464 e. The van der Waals surface area contributed by atoms with Crippen LogP contribution >= 0.6 is 0 Å². The molecule has 3 heteroatoms. The van der Waals surface area contributed by atoms with Gasteiger partial charge in [0.1, 0.15) is 17.1 Å². The molecule has 3 aromatic rings. The summed E-state index contributed by atoms with van der Waals surface area (Å²) in [5.41, 5.74) is 2.38. The number of fused-ring (bicyclic) bond motifs is 2. The van der Waals surface area contributed by atoms with E-state index in [0.29, 0.717) is 17.1 Å². The highest BCUT2D eigenvalue weighted by atomic mass is 16.5. The van der Waals surface area contributed by atoms with Crippen molar-refractivity contribution in [3.63, 3.8) is 0 Å². The molecule has 0 unspecified atom stereocenters. The van der Waals surface area contributed by atoms with Gasteiger partial charge in [0.05, 0.1) is 6.26 Å². The first-order chi connectivity index (χ1) is 10.8. The smallest absolute Gasteiger partial charge is 0.189 e. The maximum Gasteiger partial charge on any atom is 0.189 e. The molecule has 0 amide bonds. The minimum absolute atomic E-state index is 0.0808. The van der Waals surface area contributed by atoms with Gasteiger partial charge < -0.3 is 9.15 Å². The fraction of sp³-hybridized carbons (Fsp3) is 0. The molecule has 0 radical (unpaired) electrons. The Morgan fingerprint density at radius 1 is 1.00 bits per heavy atom. The average Bonchev–Trinajstić information content (AvgIpc) is 3.00. The Hall–Kier alpha value is -3.07. The minimum Gasteiger partial charge on any atom is -0.464 e.